The minimum atomic E-state index is -0.301. The Kier molecular flexibility index (Phi) is 3.67. The highest BCUT2D eigenvalue weighted by Gasteiger charge is 2.06. The van der Waals surface area contributed by atoms with Gasteiger partial charge in [0.15, 0.2) is 0 Å². The van der Waals surface area contributed by atoms with Crippen LogP contribution in [0.2, 0.25) is 0 Å². The molecule has 0 spiro atoms. The van der Waals surface area contributed by atoms with Crippen LogP contribution < -0.4 is 5.73 Å². The minimum absolute atomic E-state index is 0.251. The van der Waals surface area contributed by atoms with Gasteiger partial charge in [-0.15, -0.1) is 0 Å². The van der Waals surface area contributed by atoms with Crippen molar-refractivity contribution in [1.29, 1.82) is 0 Å². The fourth-order valence-corrected chi connectivity index (χ4v) is 2.26. The van der Waals surface area contributed by atoms with Crippen LogP contribution in [0.1, 0.15) is 11.1 Å². The smallest absolute Gasteiger partial charge is 0.124 e. The van der Waals surface area contributed by atoms with Crippen LogP contribution in [-0.2, 0) is 6.54 Å². The SMILES string of the molecule is NCC#Cc1cc(F)ccc1Cn1ncc2ccccc21. The van der Waals surface area contributed by atoms with Gasteiger partial charge < -0.3 is 5.73 Å². The molecule has 2 N–H and O–H groups in total. The number of hydrogen-bond acceptors (Lipinski definition) is 2. The van der Waals surface area contributed by atoms with Gasteiger partial charge in [0.05, 0.1) is 24.8 Å². The number of rotatable bonds is 2. The lowest BCUT2D eigenvalue weighted by Crippen LogP contribution is -2.04. The molecule has 2 aromatic carbocycles. The summed E-state index contributed by atoms with van der Waals surface area (Å²) in [6.07, 6.45) is 1.82. The molecule has 1 aromatic heterocycles. The second-order valence-electron chi connectivity index (χ2n) is 4.67. The van der Waals surface area contributed by atoms with Gasteiger partial charge in [-0.2, -0.15) is 5.10 Å². The van der Waals surface area contributed by atoms with Crippen molar-refractivity contribution in [3.05, 3.63) is 65.6 Å². The molecule has 4 heteroatoms. The molecular formula is C17H14FN3. The molecule has 0 aliphatic rings. The quantitative estimate of drug-likeness (QED) is 0.733. The molecule has 0 radical (unpaired) electrons. The molecule has 0 fully saturated rings. The Morgan fingerprint density at radius 3 is 2.90 bits per heavy atom. The Balaban J connectivity index is 2.01. The fourth-order valence-electron chi connectivity index (χ4n) is 2.26. The lowest BCUT2D eigenvalue weighted by Gasteiger charge is -2.07. The first kappa shape index (κ1) is 13.3. The molecule has 3 aromatic rings. The number of nitrogens with zero attached hydrogens (tertiary/aromatic N) is 2. The van der Waals surface area contributed by atoms with E-state index in [2.05, 4.69) is 16.9 Å². The summed E-state index contributed by atoms with van der Waals surface area (Å²) in [6, 6.07) is 12.6. The molecule has 0 aliphatic carbocycles. The molecule has 0 saturated carbocycles. The average Bonchev–Trinajstić information content (AvgIpc) is 2.91. The second kappa shape index (κ2) is 5.78. The maximum Gasteiger partial charge on any atom is 0.124 e. The lowest BCUT2D eigenvalue weighted by atomic mass is 10.1. The monoisotopic (exact) mass is 279 g/mol. The van der Waals surface area contributed by atoms with Gasteiger partial charge >= 0.3 is 0 Å². The molecule has 0 amide bonds. The lowest BCUT2D eigenvalue weighted by molar-refractivity contribution is 0.624. The van der Waals surface area contributed by atoms with E-state index in [1.807, 2.05) is 35.1 Å². The minimum Gasteiger partial charge on any atom is -0.320 e. The molecule has 104 valence electrons. The van der Waals surface area contributed by atoms with E-state index in [0.29, 0.717) is 12.1 Å². The molecule has 0 aliphatic heterocycles. The first-order valence-corrected chi connectivity index (χ1v) is 6.66. The zero-order chi connectivity index (χ0) is 14.7. The Labute approximate surface area is 122 Å². The van der Waals surface area contributed by atoms with Crippen LogP contribution in [0, 0.1) is 17.7 Å². The molecule has 0 atom stereocenters. The van der Waals surface area contributed by atoms with E-state index in [1.165, 1.54) is 12.1 Å². The van der Waals surface area contributed by atoms with E-state index < -0.39 is 0 Å². The molecule has 0 unspecified atom stereocenters. The predicted octanol–water partition coefficient (Wildman–Crippen LogP) is 2.53. The topological polar surface area (TPSA) is 43.8 Å². The zero-order valence-electron chi connectivity index (χ0n) is 11.4. The average molecular weight is 279 g/mol. The largest absolute Gasteiger partial charge is 0.320 e. The molecular weight excluding hydrogens is 265 g/mol. The molecule has 21 heavy (non-hydrogen) atoms. The van der Waals surface area contributed by atoms with E-state index in [0.717, 1.165) is 16.5 Å². The van der Waals surface area contributed by atoms with Crippen LogP contribution in [0.4, 0.5) is 4.39 Å². The van der Waals surface area contributed by atoms with Crippen molar-refractivity contribution in [3.8, 4) is 11.8 Å². The van der Waals surface area contributed by atoms with Gasteiger partial charge in [0.2, 0.25) is 0 Å². The molecule has 3 rings (SSSR count). The van der Waals surface area contributed by atoms with Gasteiger partial charge in [-0.3, -0.25) is 4.68 Å². The fraction of sp³-hybridized carbons (Fsp3) is 0.118. The molecule has 1 heterocycles. The zero-order valence-corrected chi connectivity index (χ0v) is 11.4. The number of para-hydroxylation sites is 1. The Morgan fingerprint density at radius 1 is 1.19 bits per heavy atom. The van der Waals surface area contributed by atoms with Gasteiger partial charge in [-0.05, 0) is 23.8 Å². The van der Waals surface area contributed by atoms with Crippen molar-refractivity contribution in [3.63, 3.8) is 0 Å². The maximum absolute atomic E-state index is 13.4. The van der Waals surface area contributed by atoms with Crippen molar-refractivity contribution in [2.75, 3.05) is 6.54 Å². The van der Waals surface area contributed by atoms with Crippen molar-refractivity contribution in [2.24, 2.45) is 5.73 Å². The van der Waals surface area contributed by atoms with E-state index >= 15 is 0 Å². The number of nitrogens with two attached hydrogens (primary N) is 1. The van der Waals surface area contributed by atoms with Crippen molar-refractivity contribution < 1.29 is 4.39 Å². The Bertz CT molecular complexity index is 840. The predicted molar refractivity (Wildman–Crippen MR) is 81.2 cm³/mol. The van der Waals surface area contributed by atoms with E-state index in [4.69, 9.17) is 5.73 Å². The third-order valence-electron chi connectivity index (χ3n) is 3.27. The first-order valence-electron chi connectivity index (χ1n) is 6.66. The highest BCUT2D eigenvalue weighted by Crippen LogP contribution is 2.17. The van der Waals surface area contributed by atoms with Crippen molar-refractivity contribution >= 4 is 10.9 Å². The summed E-state index contributed by atoms with van der Waals surface area (Å²) in [5.74, 6) is 5.39. The number of aromatic nitrogens is 2. The highest BCUT2D eigenvalue weighted by molar-refractivity contribution is 5.78. The number of fused-ring (bicyclic) bond motifs is 1. The van der Waals surface area contributed by atoms with E-state index in [1.54, 1.807) is 6.07 Å². The third-order valence-corrected chi connectivity index (χ3v) is 3.27. The third kappa shape index (κ3) is 2.78. The molecule has 3 nitrogen and oxygen atoms in total. The van der Waals surface area contributed by atoms with Crippen molar-refractivity contribution in [2.45, 2.75) is 6.54 Å². The van der Waals surface area contributed by atoms with Gasteiger partial charge in [0.1, 0.15) is 5.82 Å². The van der Waals surface area contributed by atoms with Crippen LogP contribution in [0.15, 0.2) is 48.7 Å². The summed E-state index contributed by atoms with van der Waals surface area (Å²) in [6.45, 7) is 0.795. The summed E-state index contributed by atoms with van der Waals surface area (Å²) in [4.78, 5) is 0. The van der Waals surface area contributed by atoms with Crippen LogP contribution in [0.5, 0.6) is 0 Å². The normalized spacial score (nSPS) is 10.4. The summed E-state index contributed by atoms with van der Waals surface area (Å²) in [5.41, 5.74) is 8.01. The number of hydrogen-bond donors (Lipinski definition) is 1. The van der Waals surface area contributed by atoms with E-state index in [-0.39, 0.29) is 12.4 Å². The molecule has 0 bridgehead atoms. The summed E-state index contributed by atoms with van der Waals surface area (Å²) in [5, 5.41) is 5.46. The van der Waals surface area contributed by atoms with Crippen molar-refractivity contribution in [1.82, 2.24) is 9.78 Å². The van der Waals surface area contributed by atoms with Crippen LogP contribution in [0.3, 0.4) is 0 Å². The molecule has 0 saturated heterocycles. The van der Waals surface area contributed by atoms with Gasteiger partial charge in [0, 0.05) is 10.9 Å². The van der Waals surface area contributed by atoms with Gasteiger partial charge in [-0.25, -0.2) is 4.39 Å². The second-order valence-corrected chi connectivity index (χ2v) is 4.67. The maximum atomic E-state index is 13.4. The summed E-state index contributed by atoms with van der Waals surface area (Å²) < 4.78 is 15.3. The Hall–Kier alpha value is -2.64. The van der Waals surface area contributed by atoms with Crippen LogP contribution >= 0.6 is 0 Å². The standard InChI is InChI=1S/C17H14FN3/c18-16-8-7-15(13(10-16)5-3-9-19)12-21-17-6-2-1-4-14(17)11-20-21/h1-2,4,6-8,10-11H,9,12,19H2. The van der Waals surface area contributed by atoms with Crippen LogP contribution in [0.25, 0.3) is 10.9 Å². The van der Waals surface area contributed by atoms with Gasteiger partial charge in [-0.1, -0.05) is 36.1 Å². The Morgan fingerprint density at radius 2 is 2.05 bits per heavy atom. The summed E-state index contributed by atoms with van der Waals surface area (Å²) >= 11 is 0. The first-order chi connectivity index (χ1) is 10.3. The summed E-state index contributed by atoms with van der Waals surface area (Å²) in [7, 11) is 0. The van der Waals surface area contributed by atoms with Crippen LogP contribution in [-0.4, -0.2) is 16.3 Å². The number of benzene rings is 2. The van der Waals surface area contributed by atoms with Gasteiger partial charge in [0.25, 0.3) is 0 Å². The van der Waals surface area contributed by atoms with E-state index in [9.17, 15) is 4.39 Å². The highest BCUT2D eigenvalue weighted by atomic mass is 19.1. The number of halogens is 1.